The molecule has 0 aliphatic carbocycles. The van der Waals surface area contributed by atoms with Crippen molar-refractivity contribution < 1.29 is 18.9 Å². The van der Waals surface area contributed by atoms with Crippen molar-refractivity contribution in [2.24, 2.45) is 0 Å². The van der Waals surface area contributed by atoms with E-state index in [1.807, 2.05) is 6.92 Å². The van der Waals surface area contributed by atoms with E-state index in [-0.39, 0.29) is 0 Å². The van der Waals surface area contributed by atoms with Crippen LogP contribution in [0, 0.1) is 6.92 Å². The minimum Gasteiger partial charge on any atom is -0.496 e. The van der Waals surface area contributed by atoms with Gasteiger partial charge in [-0.15, -0.1) is 46.4 Å². The molecule has 4 aromatic carbocycles. The summed E-state index contributed by atoms with van der Waals surface area (Å²) in [6.45, 7) is 4.16. The van der Waals surface area contributed by atoms with Crippen molar-refractivity contribution in [2.75, 3.05) is 28.4 Å². The zero-order chi connectivity index (χ0) is 33.4. The van der Waals surface area contributed by atoms with Crippen molar-refractivity contribution in [3.63, 3.8) is 0 Å². The summed E-state index contributed by atoms with van der Waals surface area (Å²) >= 11 is 25.5. The molecule has 0 amide bonds. The summed E-state index contributed by atoms with van der Waals surface area (Å²) in [6, 6.07) is 16.8. The standard InChI is InChI=1S/C38H42Cl4O4/c1-7-28-9-25(20-40)11-30(36(28)44-4)17-32-13-27(22-42)15-34(38(32)46-6)18-33-14-26(21-41)12-31(37(33)45-5)16-29-10-24(19-39)8-23(2)35(29)43-3/h8-15H,7,16-22H2,1-6H3. The SMILES string of the molecule is CCc1cc(CCl)cc(Cc2cc(CCl)cc(Cc3cc(CCl)cc(Cc4cc(CCl)cc(C)c4OC)c3OC)c2OC)c1OC. The lowest BCUT2D eigenvalue weighted by Crippen LogP contribution is -2.06. The van der Waals surface area contributed by atoms with Gasteiger partial charge in [0.15, 0.2) is 0 Å². The first-order chi connectivity index (χ1) is 22.3. The maximum atomic E-state index is 6.47. The second kappa shape index (κ2) is 16.9. The van der Waals surface area contributed by atoms with E-state index in [1.54, 1.807) is 28.4 Å². The Morgan fingerprint density at radius 2 is 0.674 bits per heavy atom. The van der Waals surface area contributed by atoms with Gasteiger partial charge in [0.25, 0.3) is 0 Å². The van der Waals surface area contributed by atoms with Crippen LogP contribution >= 0.6 is 46.4 Å². The number of methoxy groups -OCH3 is 4. The fraction of sp³-hybridized carbons (Fsp3) is 0.368. The molecule has 4 nitrogen and oxygen atoms in total. The quantitative estimate of drug-likeness (QED) is 0.116. The smallest absolute Gasteiger partial charge is 0.125 e. The minimum absolute atomic E-state index is 0.364. The number of hydrogen-bond acceptors (Lipinski definition) is 4. The van der Waals surface area contributed by atoms with Crippen LogP contribution < -0.4 is 18.9 Å². The highest BCUT2D eigenvalue weighted by molar-refractivity contribution is 6.17. The summed E-state index contributed by atoms with van der Waals surface area (Å²) in [5.74, 6) is 4.89. The largest absolute Gasteiger partial charge is 0.496 e. The van der Waals surface area contributed by atoms with Crippen LogP contribution in [-0.2, 0) is 49.2 Å². The van der Waals surface area contributed by atoms with Gasteiger partial charge in [-0.1, -0.05) is 55.5 Å². The molecule has 0 unspecified atom stereocenters. The molecule has 0 aromatic heterocycles. The van der Waals surface area contributed by atoms with E-state index >= 15 is 0 Å². The van der Waals surface area contributed by atoms with Gasteiger partial charge >= 0.3 is 0 Å². The number of rotatable bonds is 15. The van der Waals surface area contributed by atoms with Crippen molar-refractivity contribution >= 4 is 46.4 Å². The van der Waals surface area contributed by atoms with Gasteiger partial charge in [-0.3, -0.25) is 0 Å². The first-order valence-corrected chi connectivity index (χ1v) is 17.4. The van der Waals surface area contributed by atoms with E-state index in [0.29, 0.717) is 42.8 Å². The van der Waals surface area contributed by atoms with Crippen LogP contribution in [0.1, 0.15) is 73.7 Å². The second-order valence-electron chi connectivity index (χ2n) is 11.4. The van der Waals surface area contributed by atoms with Crippen LogP contribution in [0.5, 0.6) is 23.0 Å². The Balaban J connectivity index is 1.84. The van der Waals surface area contributed by atoms with Crippen molar-refractivity contribution in [1.29, 1.82) is 0 Å². The molecular weight excluding hydrogens is 662 g/mol. The number of halogens is 4. The predicted octanol–water partition coefficient (Wildman–Crippen LogP) is 10.3. The normalized spacial score (nSPS) is 11.1. The average Bonchev–Trinajstić information content (AvgIpc) is 3.07. The van der Waals surface area contributed by atoms with Crippen LogP contribution in [0.4, 0.5) is 0 Å². The summed E-state index contributed by atoms with van der Waals surface area (Å²) < 4.78 is 23.9. The average molecular weight is 705 g/mol. The topological polar surface area (TPSA) is 36.9 Å². The number of hydrogen-bond donors (Lipinski definition) is 0. The van der Waals surface area contributed by atoms with E-state index in [4.69, 9.17) is 65.4 Å². The summed E-state index contributed by atoms with van der Waals surface area (Å²) in [5.41, 5.74) is 12.4. The molecule has 46 heavy (non-hydrogen) atoms. The molecule has 4 rings (SSSR count). The molecule has 246 valence electrons. The van der Waals surface area contributed by atoms with Gasteiger partial charge in [0.05, 0.1) is 28.4 Å². The molecule has 0 N–H and O–H groups in total. The van der Waals surface area contributed by atoms with Crippen molar-refractivity contribution in [1.82, 2.24) is 0 Å². The van der Waals surface area contributed by atoms with Gasteiger partial charge in [-0.2, -0.15) is 0 Å². The Bertz CT molecular complexity index is 1670. The lowest BCUT2D eigenvalue weighted by atomic mass is 9.91. The van der Waals surface area contributed by atoms with Gasteiger partial charge in [0, 0.05) is 42.8 Å². The van der Waals surface area contributed by atoms with E-state index in [2.05, 4.69) is 55.5 Å². The third-order valence-corrected chi connectivity index (χ3v) is 9.51. The van der Waals surface area contributed by atoms with Crippen LogP contribution in [-0.4, -0.2) is 28.4 Å². The fourth-order valence-corrected chi connectivity index (χ4v) is 7.08. The Kier molecular flexibility index (Phi) is 13.2. The molecule has 0 radical (unpaired) electrons. The molecule has 0 saturated carbocycles. The molecule has 0 aliphatic rings. The van der Waals surface area contributed by atoms with Gasteiger partial charge in [0.1, 0.15) is 23.0 Å². The van der Waals surface area contributed by atoms with Crippen LogP contribution in [0.3, 0.4) is 0 Å². The molecule has 4 aromatic rings. The number of alkyl halides is 4. The van der Waals surface area contributed by atoms with Gasteiger partial charge in [-0.05, 0) is 80.1 Å². The third kappa shape index (κ3) is 8.02. The number of aryl methyl sites for hydroxylation is 2. The van der Waals surface area contributed by atoms with Crippen LogP contribution in [0.2, 0.25) is 0 Å². The highest BCUT2D eigenvalue weighted by atomic mass is 35.5. The summed E-state index contributed by atoms with van der Waals surface area (Å²) in [6.07, 6.45) is 2.59. The second-order valence-corrected chi connectivity index (χ2v) is 12.4. The molecule has 0 atom stereocenters. The Morgan fingerprint density at radius 3 is 0.957 bits per heavy atom. The first kappa shape index (κ1) is 36.1. The van der Waals surface area contributed by atoms with E-state index < -0.39 is 0 Å². The maximum Gasteiger partial charge on any atom is 0.125 e. The lowest BCUT2D eigenvalue weighted by Gasteiger charge is -2.21. The highest BCUT2D eigenvalue weighted by Crippen LogP contribution is 2.38. The van der Waals surface area contributed by atoms with Gasteiger partial charge in [-0.25, -0.2) is 0 Å². The molecule has 0 bridgehead atoms. The summed E-state index contributed by atoms with van der Waals surface area (Å²) in [5, 5.41) is 0. The summed E-state index contributed by atoms with van der Waals surface area (Å²) in [4.78, 5) is 0. The van der Waals surface area contributed by atoms with Crippen molar-refractivity contribution in [3.05, 3.63) is 115 Å². The molecule has 0 fully saturated rings. The Labute approximate surface area is 293 Å². The van der Waals surface area contributed by atoms with E-state index in [0.717, 1.165) is 96.2 Å². The lowest BCUT2D eigenvalue weighted by molar-refractivity contribution is 0.397. The van der Waals surface area contributed by atoms with Crippen molar-refractivity contribution in [2.45, 2.75) is 63.1 Å². The third-order valence-electron chi connectivity index (χ3n) is 8.28. The van der Waals surface area contributed by atoms with Gasteiger partial charge in [0.2, 0.25) is 0 Å². The van der Waals surface area contributed by atoms with E-state index in [1.165, 1.54) is 0 Å². The molecule has 0 aliphatic heterocycles. The molecule has 0 spiro atoms. The summed E-state index contributed by atoms with van der Waals surface area (Å²) in [7, 11) is 6.83. The zero-order valence-corrected chi connectivity index (χ0v) is 30.4. The molecule has 0 saturated heterocycles. The maximum absolute atomic E-state index is 6.47. The molecular formula is C38H42Cl4O4. The molecule has 0 heterocycles. The van der Waals surface area contributed by atoms with Crippen molar-refractivity contribution in [3.8, 4) is 23.0 Å². The fourth-order valence-electron chi connectivity index (χ4n) is 6.46. The Hall–Kier alpha value is -2.76. The monoisotopic (exact) mass is 702 g/mol. The number of ether oxygens (including phenoxy) is 4. The number of benzene rings is 4. The van der Waals surface area contributed by atoms with Crippen LogP contribution in [0.15, 0.2) is 48.5 Å². The van der Waals surface area contributed by atoms with Crippen LogP contribution in [0.25, 0.3) is 0 Å². The zero-order valence-electron chi connectivity index (χ0n) is 27.4. The predicted molar refractivity (Wildman–Crippen MR) is 193 cm³/mol. The highest BCUT2D eigenvalue weighted by Gasteiger charge is 2.21. The molecule has 8 heteroatoms. The Morgan fingerprint density at radius 1 is 0.413 bits per heavy atom. The minimum atomic E-state index is 0.364. The first-order valence-electron chi connectivity index (χ1n) is 15.2. The van der Waals surface area contributed by atoms with E-state index in [9.17, 15) is 0 Å². The van der Waals surface area contributed by atoms with Gasteiger partial charge < -0.3 is 18.9 Å².